The Hall–Kier alpha value is -2.86. The lowest BCUT2D eigenvalue weighted by molar-refractivity contribution is 0.616. The highest BCUT2D eigenvalue weighted by Gasteiger charge is 2.24. The summed E-state index contributed by atoms with van der Waals surface area (Å²) < 4.78 is 1.85. The Balaban J connectivity index is 2.05. The smallest absolute Gasteiger partial charge is 0.282 e. The van der Waals surface area contributed by atoms with Gasteiger partial charge in [0, 0.05) is 5.02 Å². The van der Waals surface area contributed by atoms with Crippen LogP contribution in [-0.4, -0.2) is 15.5 Å². The van der Waals surface area contributed by atoms with Gasteiger partial charge in [-0.25, -0.2) is 4.99 Å². The van der Waals surface area contributed by atoms with Gasteiger partial charge in [-0.1, -0.05) is 35.9 Å². The van der Waals surface area contributed by atoms with Crippen LogP contribution in [0.15, 0.2) is 58.3 Å². The first-order chi connectivity index (χ1) is 11.1. The number of nitrogens with two attached hydrogens (primary N) is 1. The first-order valence-electron chi connectivity index (χ1n) is 7.00. The number of rotatable bonds is 1. The highest BCUT2D eigenvalue weighted by Crippen LogP contribution is 2.30. The summed E-state index contributed by atoms with van der Waals surface area (Å²) in [6.07, 6.45) is -0.442. The van der Waals surface area contributed by atoms with Crippen LogP contribution in [0, 0.1) is 0 Å². The number of nitrogens with one attached hydrogen (secondary N) is 1. The van der Waals surface area contributed by atoms with Crippen molar-refractivity contribution in [2.24, 2.45) is 10.7 Å². The zero-order valence-electron chi connectivity index (χ0n) is 11.9. The number of anilines is 1. The number of hydrogen-bond donors (Lipinski definition) is 2. The fourth-order valence-corrected chi connectivity index (χ4v) is 2.95. The molecule has 6 nitrogen and oxygen atoms in total. The predicted octanol–water partition coefficient (Wildman–Crippen LogP) is 2.34. The van der Waals surface area contributed by atoms with E-state index in [1.807, 2.05) is 34.9 Å². The third kappa shape index (κ3) is 2.24. The molecular formula is C16H12ClN5O. The van der Waals surface area contributed by atoms with Crippen molar-refractivity contribution in [2.45, 2.75) is 6.17 Å². The first kappa shape index (κ1) is 13.8. The average Bonchev–Trinajstić information content (AvgIpc) is 2.54. The monoisotopic (exact) mass is 325 g/mol. The van der Waals surface area contributed by atoms with Gasteiger partial charge in [-0.15, -0.1) is 0 Å². The normalized spacial score (nSPS) is 16.6. The molecule has 4 rings (SSSR count). The van der Waals surface area contributed by atoms with Crippen LogP contribution in [0.4, 0.5) is 5.95 Å². The maximum Gasteiger partial charge on any atom is 0.282 e. The van der Waals surface area contributed by atoms with Gasteiger partial charge in [0.2, 0.25) is 5.95 Å². The molecule has 3 N–H and O–H groups in total. The van der Waals surface area contributed by atoms with E-state index < -0.39 is 6.17 Å². The average molecular weight is 326 g/mol. The van der Waals surface area contributed by atoms with E-state index in [0.717, 1.165) is 11.1 Å². The van der Waals surface area contributed by atoms with Gasteiger partial charge >= 0.3 is 0 Å². The number of hydrogen-bond acceptors (Lipinski definition) is 5. The van der Waals surface area contributed by atoms with Crippen LogP contribution in [0.3, 0.4) is 0 Å². The van der Waals surface area contributed by atoms with Crippen molar-refractivity contribution >= 4 is 34.4 Å². The molecule has 1 aliphatic rings. The summed E-state index contributed by atoms with van der Waals surface area (Å²) in [6.45, 7) is 0. The summed E-state index contributed by atoms with van der Waals surface area (Å²) in [5, 5.41) is 3.99. The van der Waals surface area contributed by atoms with Crippen LogP contribution in [-0.2, 0) is 0 Å². The first-order valence-corrected chi connectivity index (χ1v) is 7.38. The van der Waals surface area contributed by atoms with Crippen molar-refractivity contribution < 1.29 is 0 Å². The van der Waals surface area contributed by atoms with Gasteiger partial charge in [0.05, 0.1) is 10.9 Å². The predicted molar refractivity (Wildman–Crippen MR) is 90.8 cm³/mol. The lowest BCUT2D eigenvalue weighted by atomic mass is 10.1. The zero-order chi connectivity index (χ0) is 16.0. The molecule has 0 saturated carbocycles. The quantitative estimate of drug-likeness (QED) is 0.719. The Morgan fingerprint density at radius 3 is 2.83 bits per heavy atom. The van der Waals surface area contributed by atoms with Gasteiger partial charge in [0.15, 0.2) is 12.1 Å². The zero-order valence-corrected chi connectivity index (χ0v) is 12.7. The third-order valence-corrected chi connectivity index (χ3v) is 3.96. The van der Waals surface area contributed by atoms with Crippen LogP contribution in [0.1, 0.15) is 11.7 Å². The molecule has 0 aliphatic carbocycles. The standard InChI is InChI=1S/C16H12ClN5O/c17-10-5-3-4-9(8-10)13-19-15(18)21-16-20-14(23)11-6-1-2-7-12(11)22(13)16/h1-8,13H,(H3,18,19,20,21,23)/t13-/m0/s1. The van der Waals surface area contributed by atoms with Crippen LogP contribution >= 0.6 is 11.6 Å². The SMILES string of the molecule is NC1=N[C@H](c2cccc(Cl)c2)n2c(nc(=O)c3ccccc32)N1. The number of nitrogens with zero attached hydrogens (tertiary/aromatic N) is 3. The fourth-order valence-electron chi connectivity index (χ4n) is 2.75. The van der Waals surface area contributed by atoms with Gasteiger partial charge in [-0.2, -0.15) is 4.98 Å². The molecule has 1 aliphatic heterocycles. The molecule has 0 radical (unpaired) electrons. The molecule has 1 aromatic heterocycles. The molecule has 7 heteroatoms. The summed E-state index contributed by atoms with van der Waals surface area (Å²) in [6, 6.07) is 14.7. The molecule has 0 bridgehead atoms. The summed E-state index contributed by atoms with van der Waals surface area (Å²) in [7, 11) is 0. The van der Waals surface area contributed by atoms with Crippen LogP contribution in [0.5, 0.6) is 0 Å². The molecule has 114 valence electrons. The molecule has 0 fully saturated rings. The maximum atomic E-state index is 12.2. The highest BCUT2D eigenvalue weighted by atomic mass is 35.5. The van der Waals surface area contributed by atoms with Crippen LogP contribution < -0.4 is 16.6 Å². The van der Waals surface area contributed by atoms with Gasteiger partial charge < -0.3 is 5.73 Å². The molecule has 23 heavy (non-hydrogen) atoms. The number of aliphatic imine (C=N–C) groups is 1. The summed E-state index contributed by atoms with van der Waals surface area (Å²) >= 11 is 6.10. The number of guanidine groups is 1. The number of aromatic nitrogens is 2. The van der Waals surface area contributed by atoms with Crippen LogP contribution in [0.25, 0.3) is 10.9 Å². The summed E-state index contributed by atoms with van der Waals surface area (Å²) in [4.78, 5) is 20.7. The Bertz CT molecular complexity index is 1010. The maximum absolute atomic E-state index is 12.2. The van der Waals surface area contributed by atoms with E-state index >= 15 is 0 Å². The summed E-state index contributed by atoms with van der Waals surface area (Å²) in [5.41, 5.74) is 7.15. The van der Waals surface area contributed by atoms with Crippen molar-refractivity contribution in [3.05, 3.63) is 69.5 Å². The van der Waals surface area contributed by atoms with Gasteiger partial charge in [-0.3, -0.25) is 14.7 Å². The highest BCUT2D eigenvalue weighted by molar-refractivity contribution is 6.30. The van der Waals surface area contributed by atoms with Crippen molar-refractivity contribution in [1.82, 2.24) is 9.55 Å². The lowest BCUT2D eigenvalue weighted by Crippen LogP contribution is -2.34. The van der Waals surface area contributed by atoms with E-state index in [9.17, 15) is 4.79 Å². The van der Waals surface area contributed by atoms with Crippen LogP contribution in [0.2, 0.25) is 5.02 Å². The molecule has 0 spiro atoms. The number of fused-ring (bicyclic) bond motifs is 3. The van der Waals surface area contributed by atoms with E-state index in [-0.39, 0.29) is 11.5 Å². The molecule has 0 unspecified atom stereocenters. The van der Waals surface area contributed by atoms with Crippen molar-refractivity contribution in [1.29, 1.82) is 0 Å². The van der Waals surface area contributed by atoms with E-state index in [2.05, 4.69) is 15.3 Å². The Morgan fingerprint density at radius 2 is 2.00 bits per heavy atom. The molecule has 1 atom stereocenters. The minimum Gasteiger partial charge on any atom is -0.370 e. The number of benzene rings is 2. The summed E-state index contributed by atoms with van der Waals surface area (Å²) in [5.74, 6) is 0.573. The molecule has 3 aromatic rings. The van der Waals surface area contributed by atoms with E-state index in [4.69, 9.17) is 17.3 Å². The van der Waals surface area contributed by atoms with E-state index in [0.29, 0.717) is 16.4 Å². The largest absolute Gasteiger partial charge is 0.370 e. The van der Waals surface area contributed by atoms with Crippen molar-refractivity contribution in [3.63, 3.8) is 0 Å². The number of halogens is 1. The second kappa shape index (κ2) is 5.10. The van der Waals surface area contributed by atoms with Gasteiger partial charge in [0.1, 0.15) is 0 Å². The fraction of sp³-hybridized carbons (Fsp3) is 0.0625. The topological polar surface area (TPSA) is 85.3 Å². The molecule has 0 saturated heterocycles. The third-order valence-electron chi connectivity index (χ3n) is 3.72. The van der Waals surface area contributed by atoms with Gasteiger partial charge in [0.25, 0.3) is 5.56 Å². The Kier molecular flexibility index (Phi) is 3.06. The minimum atomic E-state index is -0.442. The Labute approximate surface area is 136 Å². The molecular weight excluding hydrogens is 314 g/mol. The van der Waals surface area contributed by atoms with E-state index in [1.54, 1.807) is 18.2 Å². The molecule has 2 heterocycles. The lowest BCUT2D eigenvalue weighted by Gasteiger charge is -2.27. The molecule has 2 aromatic carbocycles. The molecule has 0 amide bonds. The second-order valence-corrected chi connectivity index (χ2v) is 5.63. The van der Waals surface area contributed by atoms with Crippen molar-refractivity contribution in [3.8, 4) is 0 Å². The Morgan fingerprint density at radius 1 is 1.17 bits per heavy atom. The minimum absolute atomic E-state index is 0.206. The van der Waals surface area contributed by atoms with E-state index in [1.165, 1.54) is 0 Å². The van der Waals surface area contributed by atoms with Gasteiger partial charge in [-0.05, 0) is 29.8 Å². The second-order valence-electron chi connectivity index (χ2n) is 5.20. The number of para-hydroxylation sites is 1. The van der Waals surface area contributed by atoms with Crippen molar-refractivity contribution in [2.75, 3.05) is 5.32 Å².